The van der Waals surface area contributed by atoms with Crippen LogP contribution in [0.5, 0.6) is 0 Å². The van der Waals surface area contributed by atoms with E-state index in [9.17, 15) is 24.9 Å². The molecule has 0 saturated carbocycles. The first-order valence-corrected chi connectivity index (χ1v) is 13.0. The number of ether oxygens (including phenoxy) is 3. The topological polar surface area (TPSA) is 146 Å². The summed E-state index contributed by atoms with van der Waals surface area (Å²) in [7, 11) is 0. The van der Waals surface area contributed by atoms with Gasteiger partial charge in [-0.1, -0.05) is 38.2 Å². The molecule has 9 heteroatoms. The summed E-state index contributed by atoms with van der Waals surface area (Å²) in [5.41, 5.74) is 0.708. The van der Waals surface area contributed by atoms with Gasteiger partial charge in [-0.15, -0.1) is 0 Å². The molecule has 2 heterocycles. The predicted octanol–water partition coefficient (Wildman–Crippen LogP) is 2.59. The Morgan fingerprint density at radius 1 is 1.03 bits per heavy atom. The molecule has 0 amide bonds. The molecule has 35 heavy (non-hydrogen) atoms. The van der Waals surface area contributed by atoms with E-state index in [-0.39, 0.29) is 30.5 Å². The van der Waals surface area contributed by atoms with Crippen LogP contribution >= 0.6 is 0 Å². The highest BCUT2D eigenvalue weighted by Crippen LogP contribution is 2.38. The van der Waals surface area contributed by atoms with Crippen molar-refractivity contribution in [1.29, 1.82) is 0 Å². The lowest BCUT2D eigenvalue weighted by Gasteiger charge is -2.38. The van der Waals surface area contributed by atoms with E-state index in [1.54, 1.807) is 13.8 Å². The van der Waals surface area contributed by atoms with E-state index in [0.717, 1.165) is 32.1 Å². The molecule has 2 aliphatic heterocycles. The van der Waals surface area contributed by atoms with Gasteiger partial charge in [0.15, 0.2) is 0 Å². The summed E-state index contributed by atoms with van der Waals surface area (Å²) >= 11 is 0. The fraction of sp³-hybridized carbons (Fsp3) is 0.846. The van der Waals surface area contributed by atoms with Crippen LogP contribution in [0.3, 0.4) is 0 Å². The number of esters is 1. The van der Waals surface area contributed by atoms with Crippen molar-refractivity contribution in [3.8, 4) is 0 Å². The van der Waals surface area contributed by atoms with Gasteiger partial charge < -0.3 is 34.6 Å². The molecule has 202 valence electrons. The Labute approximate surface area is 208 Å². The summed E-state index contributed by atoms with van der Waals surface area (Å²) in [4.78, 5) is 22.5. The Bertz CT molecular complexity index is 692. The summed E-state index contributed by atoms with van der Waals surface area (Å²) in [5.74, 6) is -1.42. The minimum absolute atomic E-state index is 0.0160. The number of hydrogen-bond donors (Lipinski definition) is 4. The van der Waals surface area contributed by atoms with Crippen molar-refractivity contribution in [2.75, 3.05) is 13.2 Å². The molecule has 0 aromatic rings. The largest absolute Gasteiger partial charge is 0.481 e. The summed E-state index contributed by atoms with van der Waals surface area (Å²) < 4.78 is 16.7. The second-order valence-electron chi connectivity index (χ2n) is 10.2. The number of aliphatic hydroxyl groups excluding tert-OH is 3. The SMILES string of the molecule is C/C(=C\C(=O)OCCCCCCCCC(=O)O)C[C@H]1OC[C@@H](C[C@@H]2O[C@@H]2[C@@H](C)[C@H](C)O)[C@H](O)[C@@H]1O. The highest BCUT2D eigenvalue weighted by Gasteiger charge is 2.48. The van der Waals surface area contributed by atoms with E-state index >= 15 is 0 Å². The standard InChI is InChI=1S/C26H44O9/c1-16(13-23(30)33-11-9-7-5-4-6-8-10-22(28)29)12-20-25(32)24(31)19(15-34-20)14-21-26(35-21)17(2)18(3)27/h13,17-21,24-27,31-32H,4-12,14-15H2,1-3H3,(H,28,29)/b16-13+/t17-,18-,19+,20+,21-,24-,25+,26+/m0/s1. The van der Waals surface area contributed by atoms with E-state index in [1.165, 1.54) is 6.08 Å². The van der Waals surface area contributed by atoms with Gasteiger partial charge in [-0.05, 0) is 39.5 Å². The van der Waals surface area contributed by atoms with Crippen LogP contribution in [0, 0.1) is 11.8 Å². The third-order valence-electron chi connectivity index (χ3n) is 7.09. The molecule has 4 N–H and O–H groups in total. The predicted molar refractivity (Wildman–Crippen MR) is 129 cm³/mol. The zero-order valence-corrected chi connectivity index (χ0v) is 21.3. The number of carboxylic acids is 1. The molecule has 0 unspecified atom stereocenters. The van der Waals surface area contributed by atoms with Gasteiger partial charge in [-0.2, -0.15) is 0 Å². The number of carbonyl (C=O) groups is 2. The highest BCUT2D eigenvalue weighted by atomic mass is 16.6. The van der Waals surface area contributed by atoms with Crippen LogP contribution in [0.25, 0.3) is 0 Å². The number of aliphatic carboxylic acids is 1. The fourth-order valence-electron chi connectivity index (χ4n) is 4.59. The molecule has 2 saturated heterocycles. The average molecular weight is 501 g/mol. The Morgan fingerprint density at radius 2 is 1.69 bits per heavy atom. The van der Waals surface area contributed by atoms with Crippen molar-refractivity contribution in [3.05, 3.63) is 11.6 Å². The zero-order chi connectivity index (χ0) is 26.0. The third kappa shape index (κ3) is 10.6. The van der Waals surface area contributed by atoms with Gasteiger partial charge in [0.1, 0.15) is 6.10 Å². The van der Waals surface area contributed by atoms with Crippen LogP contribution in [0.15, 0.2) is 11.6 Å². The molecule has 2 rings (SSSR count). The molecule has 2 aliphatic rings. The van der Waals surface area contributed by atoms with E-state index in [1.807, 2.05) is 6.92 Å². The first-order valence-electron chi connectivity index (χ1n) is 13.0. The van der Waals surface area contributed by atoms with Crippen LogP contribution in [-0.4, -0.2) is 82.2 Å². The lowest BCUT2D eigenvalue weighted by Crippen LogP contribution is -2.50. The van der Waals surface area contributed by atoms with E-state index < -0.39 is 36.4 Å². The number of epoxide rings is 1. The molecule has 0 bridgehead atoms. The number of aliphatic hydroxyl groups is 3. The van der Waals surface area contributed by atoms with Crippen LogP contribution in [-0.2, 0) is 23.8 Å². The molecule has 0 aromatic carbocycles. The van der Waals surface area contributed by atoms with Crippen LogP contribution < -0.4 is 0 Å². The Balaban J connectivity index is 1.62. The molecular weight excluding hydrogens is 456 g/mol. The zero-order valence-electron chi connectivity index (χ0n) is 21.3. The summed E-state index contributed by atoms with van der Waals surface area (Å²) in [6.45, 7) is 6.07. The fourth-order valence-corrected chi connectivity index (χ4v) is 4.59. The number of unbranched alkanes of at least 4 members (excludes halogenated alkanes) is 5. The maximum atomic E-state index is 12.1. The number of carbonyl (C=O) groups excluding carboxylic acids is 1. The molecule has 8 atom stereocenters. The minimum atomic E-state index is -1.06. The lowest BCUT2D eigenvalue weighted by atomic mass is 9.85. The van der Waals surface area contributed by atoms with Gasteiger partial charge in [-0.25, -0.2) is 4.79 Å². The maximum absolute atomic E-state index is 12.1. The average Bonchev–Trinajstić information content (AvgIpc) is 3.55. The van der Waals surface area contributed by atoms with Crippen molar-refractivity contribution in [3.63, 3.8) is 0 Å². The second kappa shape index (κ2) is 14.9. The minimum Gasteiger partial charge on any atom is -0.481 e. The quantitative estimate of drug-likeness (QED) is 0.109. The van der Waals surface area contributed by atoms with Crippen LogP contribution in [0.2, 0.25) is 0 Å². The van der Waals surface area contributed by atoms with Crippen molar-refractivity contribution in [2.24, 2.45) is 11.8 Å². The van der Waals surface area contributed by atoms with Crippen molar-refractivity contribution >= 4 is 11.9 Å². The van der Waals surface area contributed by atoms with Crippen LogP contribution in [0.1, 0.15) is 78.6 Å². The third-order valence-corrected chi connectivity index (χ3v) is 7.09. The Hall–Kier alpha value is -1.52. The van der Waals surface area contributed by atoms with E-state index in [2.05, 4.69) is 0 Å². The lowest BCUT2D eigenvalue weighted by molar-refractivity contribution is -0.165. The number of carboxylic acid groups (broad SMARTS) is 1. The smallest absolute Gasteiger partial charge is 0.330 e. The Morgan fingerprint density at radius 3 is 2.34 bits per heavy atom. The second-order valence-corrected chi connectivity index (χ2v) is 10.2. The molecule has 0 radical (unpaired) electrons. The van der Waals surface area contributed by atoms with Crippen molar-refractivity contribution in [1.82, 2.24) is 0 Å². The molecular formula is C26H44O9. The summed E-state index contributed by atoms with van der Waals surface area (Å²) in [6.07, 6.45) is 4.61. The summed E-state index contributed by atoms with van der Waals surface area (Å²) in [6, 6.07) is 0. The van der Waals surface area contributed by atoms with Gasteiger partial charge in [0.25, 0.3) is 0 Å². The molecule has 0 aliphatic carbocycles. The number of hydrogen-bond acceptors (Lipinski definition) is 8. The first kappa shape index (κ1) is 29.7. The highest BCUT2D eigenvalue weighted by molar-refractivity contribution is 5.82. The van der Waals surface area contributed by atoms with Gasteiger partial charge in [0.05, 0.1) is 43.7 Å². The van der Waals surface area contributed by atoms with Crippen LogP contribution in [0.4, 0.5) is 0 Å². The first-order chi connectivity index (χ1) is 16.6. The van der Waals surface area contributed by atoms with Gasteiger partial charge in [0.2, 0.25) is 0 Å². The molecule has 2 fully saturated rings. The molecule has 0 spiro atoms. The monoisotopic (exact) mass is 500 g/mol. The van der Waals surface area contributed by atoms with E-state index in [4.69, 9.17) is 19.3 Å². The van der Waals surface area contributed by atoms with E-state index in [0.29, 0.717) is 38.0 Å². The molecule has 9 nitrogen and oxygen atoms in total. The maximum Gasteiger partial charge on any atom is 0.330 e. The van der Waals surface area contributed by atoms with Gasteiger partial charge in [-0.3, -0.25) is 4.79 Å². The van der Waals surface area contributed by atoms with Gasteiger partial charge in [0, 0.05) is 24.3 Å². The van der Waals surface area contributed by atoms with Crippen molar-refractivity contribution < 1.29 is 44.2 Å². The normalized spacial score (nSPS) is 30.5. The molecule has 0 aromatic heterocycles. The Kier molecular flexibility index (Phi) is 12.6. The van der Waals surface area contributed by atoms with Crippen molar-refractivity contribution in [2.45, 2.75) is 115 Å². The number of rotatable bonds is 16. The summed E-state index contributed by atoms with van der Waals surface area (Å²) in [5, 5.41) is 39.5. The van der Waals surface area contributed by atoms with Gasteiger partial charge >= 0.3 is 11.9 Å².